The van der Waals surface area contributed by atoms with Crippen LogP contribution in [-0.2, 0) is 0 Å². The van der Waals surface area contributed by atoms with Gasteiger partial charge in [-0.05, 0) is 37.1 Å². The second kappa shape index (κ2) is 7.16. The molecule has 2 atom stereocenters. The standard InChI is InChI=1S/C13H17F3N2O3/c1-8(7-19)9(2)17-12(20)18-10-3-5-11(6-4-10)21-13(14,15)16/h3-6,8-9,19H,7H2,1-2H3,(H2,17,18,20). The van der Waals surface area contributed by atoms with Crippen molar-refractivity contribution in [2.24, 2.45) is 5.92 Å². The van der Waals surface area contributed by atoms with Gasteiger partial charge in [0.2, 0.25) is 0 Å². The first-order valence-corrected chi connectivity index (χ1v) is 6.25. The summed E-state index contributed by atoms with van der Waals surface area (Å²) in [5, 5.41) is 14.0. The third-order valence-corrected chi connectivity index (χ3v) is 2.85. The number of carbonyl (C=O) groups is 1. The number of rotatable bonds is 5. The van der Waals surface area contributed by atoms with E-state index in [0.29, 0.717) is 5.69 Å². The van der Waals surface area contributed by atoms with E-state index in [0.717, 1.165) is 12.1 Å². The zero-order valence-corrected chi connectivity index (χ0v) is 11.6. The Morgan fingerprint density at radius 1 is 1.29 bits per heavy atom. The Kier molecular flexibility index (Phi) is 5.83. The quantitative estimate of drug-likeness (QED) is 0.783. The first kappa shape index (κ1) is 17.1. The van der Waals surface area contributed by atoms with Crippen LogP contribution in [0.3, 0.4) is 0 Å². The van der Waals surface area contributed by atoms with Crippen LogP contribution >= 0.6 is 0 Å². The first-order chi connectivity index (χ1) is 9.71. The van der Waals surface area contributed by atoms with Crippen LogP contribution in [0.1, 0.15) is 13.8 Å². The Labute approximate surface area is 120 Å². The molecular weight excluding hydrogens is 289 g/mol. The number of hydrogen-bond acceptors (Lipinski definition) is 3. The number of nitrogens with one attached hydrogen (secondary N) is 2. The summed E-state index contributed by atoms with van der Waals surface area (Å²) in [6, 6.07) is 4.03. The van der Waals surface area contributed by atoms with Gasteiger partial charge in [0, 0.05) is 18.3 Å². The van der Waals surface area contributed by atoms with Crippen molar-refractivity contribution in [2.75, 3.05) is 11.9 Å². The number of carbonyl (C=O) groups excluding carboxylic acids is 1. The van der Waals surface area contributed by atoms with Crippen molar-refractivity contribution in [1.82, 2.24) is 5.32 Å². The van der Waals surface area contributed by atoms with E-state index in [1.54, 1.807) is 13.8 Å². The van der Waals surface area contributed by atoms with Crippen LogP contribution in [0.2, 0.25) is 0 Å². The number of aliphatic hydroxyl groups excluding tert-OH is 1. The van der Waals surface area contributed by atoms with Crippen LogP contribution in [0.4, 0.5) is 23.7 Å². The van der Waals surface area contributed by atoms with Gasteiger partial charge in [0.05, 0.1) is 0 Å². The van der Waals surface area contributed by atoms with Gasteiger partial charge in [0.1, 0.15) is 5.75 Å². The molecule has 0 aromatic heterocycles. The average Bonchev–Trinajstić information content (AvgIpc) is 2.38. The predicted molar refractivity (Wildman–Crippen MR) is 71.0 cm³/mol. The number of urea groups is 1. The van der Waals surface area contributed by atoms with E-state index in [-0.39, 0.29) is 24.3 Å². The summed E-state index contributed by atoms with van der Waals surface area (Å²) in [6.07, 6.45) is -4.75. The van der Waals surface area contributed by atoms with E-state index in [9.17, 15) is 18.0 Å². The van der Waals surface area contributed by atoms with Crippen molar-refractivity contribution >= 4 is 11.7 Å². The van der Waals surface area contributed by atoms with E-state index in [1.165, 1.54) is 12.1 Å². The summed E-state index contributed by atoms with van der Waals surface area (Å²) in [7, 11) is 0. The number of amides is 2. The summed E-state index contributed by atoms with van der Waals surface area (Å²) in [5.41, 5.74) is 0.325. The molecule has 1 aromatic rings. The molecule has 0 radical (unpaired) electrons. The second-order valence-corrected chi connectivity index (χ2v) is 4.62. The lowest BCUT2D eigenvalue weighted by Crippen LogP contribution is -2.40. The van der Waals surface area contributed by atoms with E-state index < -0.39 is 12.4 Å². The molecule has 0 aliphatic rings. The van der Waals surface area contributed by atoms with Crippen molar-refractivity contribution < 1.29 is 27.8 Å². The molecule has 3 N–H and O–H groups in total. The molecule has 0 aliphatic heterocycles. The Morgan fingerprint density at radius 2 is 1.86 bits per heavy atom. The maximum Gasteiger partial charge on any atom is 0.573 e. The van der Waals surface area contributed by atoms with E-state index in [2.05, 4.69) is 15.4 Å². The number of halogens is 3. The van der Waals surface area contributed by atoms with Crippen molar-refractivity contribution in [3.8, 4) is 5.75 Å². The number of anilines is 1. The Morgan fingerprint density at radius 3 is 2.33 bits per heavy atom. The average molecular weight is 306 g/mol. The van der Waals surface area contributed by atoms with Gasteiger partial charge in [0.25, 0.3) is 0 Å². The van der Waals surface area contributed by atoms with Gasteiger partial charge in [0.15, 0.2) is 0 Å². The topological polar surface area (TPSA) is 70.6 Å². The van der Waals surface area contributed by atoms with Crippen LogP contribution < -0.4 is 15.4 Å². The highest BCUT2D eigenvalue weighted by atomic mass is 19.4. The normalized spacial score (nSPS) is 14.2. The van der Waals surface area contributed by atoms with Crippen molar-refractivity contribution in [2.45, 2.75) is 26.3 Å². The monoisotopic (exact) mass is 306 g/mol. The Bertz CT molecular complexity index is 463. The molecule has 1 aromatic carbocycles. The Balaban J connectivity index is 2.54. The lowest BCUT2D eigenvalue weighted by atomic mass is 10.1. The van der Waals surface area contributed by atoms with Gasteiger partial charge in [-0.25, -0.2) is 4.79 Å². The minimum Gasteiger partial charge on any atom is -0.406 e. The maximum absolute atomic E-state index is 12.0. The zero-order chi connectivity index (χ0) is 16.0. The molecule has 0 fully saturated rings. The van der Waals surface area contributed by atoms with E-state index in [1.807, 2.05) is 0 Å². The van der Waals surface area contributed by atoms with Crippen LogP contribution in [-0.4, -0.2) is 30.1 Å². The maximum atomic E-state index is 12.0. The fourth-order valence-electron chi connectivity index (χ4n) is 1.41. The number of aliphatic hydroxyl groups is 1. The molecular formula is C13H17F3N2O3. The van der Waals surface area contributed by atoms with Crippen LogP contribution in [0, 0.1) is 5.92 Å². The Hall–Kier alpha value is -1.96. The van der Waals surface area contributed by atoms with Crippen molar-refractivity contribution in [1.29, 1.82) is 0 Å². The third-order valence-electron chi connectivity index (χ3n) is 2.85. The molecule has 118 valence electrons. The minimum atomic E-state index is -4.75. The van der Waals surface area contributed by atoms with Gasteiger partial charge < -0.3 is 20.5 Å². The summed E-state index contributed by atoms with van der Waals surface area (Å²) < 4.78 is 39.7. The van der Waals surface area contributed by atoms with Gasteiger partial charge in [-0.3, -0.25) is 0 Å². The number of alkyl halides is 3. The number of benzene rings is 1. The summed E-state index contributed by atoms with van der Waals surface area (Å²) in [4.78, 5) is 11.6. The zero-order valence-electron chi connectivity index (χ0n) is 11.6. The molecule has 0 aliphatic carbocycles. The lowest BCUT2D eigenvalue weighted by molar-refractivity contribution is -0.274. The largest absolute Gasteiger partial charge is 0.573 e. The molecule has 2 amide bonds. The molecule has 5 nitrogen and oxygen atoms in total. The molecule has 21 heavy (non-hydrogen) atoms. The number of ether oxygens (including phenoxy) is 1. The molecule has 0 saturated carbocycles. The van der Waals surface area contributed by atoms with Crippen molar-refractivity contribution in [3.05, 3.63) is 24.3 Å². The highest BCUT2D eigenvalue weighted by molar-refractivity contribution is 5.89. The summed E-state index contributed by atoms with van der Waals surface area (Å²) >= 11 is 0. The SMILES string of the molecule is CC(CO)C(C)NC(=O)Nc1ccc(OC(F)(F)F)cc1. The molecule has 0 heterocycles. The van der Waals surface area contributed by atoms with Gasteiger partial charge in [-0.2, -0.15) is 0 Å². The van der Waals surface area contributed by atoms with Crippen LogP contribution in [0.15, 0.2) is 24.3 Å². The second-order valence-electron chi connectivity index (χ2n) is 4.62. The smallest absolute Gasteiger partial charge is 0.406 e. The van der Waals surface area contributed by atoms with Crippen LogP contribution in [0.5, 0.6) is 5.75 Å². The molecule has 2 unspecified atom stereocenters. The molecule has 0 saturated heterocycles. The van der Waals surface area contributed by atoms with Gasteiger partial charge in [-0.1, -0.05) is 6.92 Å². The molecule has 0 spiro atoms. The highest BCUT2D eigenvalue weighted by Gasteiger charge is 2.30. The van der Waals surface area contributed by atoms with E-state index in [4.69, 9.17) is 5.11 Å². The number of hydrogen-bond donors (Lipinski definition) is 3. The molecule has 8 heteroatoms. The summed E-state index contributed by atoms with van der Waals surface area (Å²) in [6.45, 7) is 3.44. The van der Waals surface area contributed by atoms with E-state index >= 15 is 0 Å². The van der Waals surface area contributed by atoms with Crippen molar-refractivity contribution in [3.63, 3.8) is 0 Å². The first-order valence-electron chi connectivity index (χ1n) is 6.25. The fraction of sp³-hybridized carbons (Fsp3) is 0.462. The van der Waals surface area contributed by atoms with Crippen LogP contribution in [0.25, 0.3) is 0 Å². The van der Waals surface area contributed by atoms with Gasteiger partial charge >= 0.3 is 12.4 Å². The minimum absolute atomic E-state index is 0.0646. The predicted octanol–water partition coefficient (Wildman–Crippen LogP) is 2.72. The molecule has 0 bridgehead atoms. The molecule has 1 rings (SSSR count). The highest BCUT2D eigenvalue weighted by Crippen LogP contribution is 2.23. The summed E-state index contributed by atoms with van der Waals surface area (Å²) in [5.74, 6) is -0.478. The lowest BCUT2D eigenvalue weighted by Gasteiger charge is -2.19. The van der Waals surface area contributed by atoms with Gasteiger partial charge in [-0.15, -0.1) is 13.2 Å². The fourth-order valence-corrected chi connectivity index (χ4v) is 1.41. The third kappa shape index (κ3) is 6.35.